The summed E-state index contributed by atoms with van der Waals surface area (Å²) in [5, 5.41) is 10.1. The molecular weight excluding hydrogens is 250 g/mol. The molecule has 2 aliphatic heterocycles. The topological polar surface area (TPSA) is 36.0 Å². The van der Waals surface area contributed by atoms with E-state index in [-0.39, 0.29) is 0 Å². The number of likely N-dealkylation sites (tertiary alicyclic amines) is 1. The van der Waals surface area contributed by atoms with Gasteiger partial charge in [0.1, 0.15) is 0 Å². The molecule has 0 unspecified atom stereocenters. The van der Waals surface area contributed by atoms with Crippen molar-refractivity contribution < 1.29 is 9.84 Å². The van der Waals surface area contributed by atoms with Crippen LogP contribution in [0.3, 0.4) is 0 Å². The van der Waals surface area contributed by atoms with E-state index in [2.05, 4.69) is 11.9 Å². The van der Waals surface area contributed by atoms with Crippen LogP contribution >= 0.6 is 0 Å². The predicted octanol–water partition coefficient (Wildman–Crippen LogP) is 3.19. The smallest absolute Gasteiger partial charge is 0.211 e. The van der Waals surface area contributed by atoms with Gasteiger partial charge in [-0.25, -0.2) is 0 Å². The quantitative estimate of drug-likeness (QED) is 0.748. The molecule has 1 aromatic carbocycles. The van der Waals surface area contributed by atoms with Gasteiger partial charge in [-0.05, 0) is 56.8 Å². The number of nitrogens with zero attached hydrogens (tertiary/aromatic N) is 1. The van der Waals surface area contributed by atoms with Crippen molar-refractivity contribution in [3.05, 3.63) is 17.2 Å². The first-order chi connectivity index (χ1) is 9.71. The minimum absolute atomic E-state index is 0.321. The highest BCUT2D eigenvalue weighted by Crippen LogP contribution is 2.64. The number of ether oxygens (including phenoxy) is 1. The highest BCUT2D eigenvalue weighted by atomic mass is 16.6. The van der Waals surface area contributed by atoms with Crippen LogP contribution in [0.25, 0.3) is 0 Å². The fourth-order valence-corrected chi connectivity index (χ4v) is 5.46. The van der Waals surface area contributed by atoms with Gasteiger partial charge in [-0.3, -0.25) is 0 Å². The van der Waals surface area contributed by atoms with E-state index in [4.69, 9.17) is 4.74 Å². The minimum atomic E-state index is 0.321. The van der Waals surface area contributed by atoms with Crippen molar-refractivity contribution in [2.75, 3.05) is 13.6 Å². The number of likely N-dealkylation sites (N-methyl/N-ethyl adjacent to an activating group) is 1. The third kappa shape index (κ3) is 1.21. The molecule has 2 heterocycles. The van der Waals surface area contributed by atoms with E-state index in [1.807, 2.05) is 6.07 Å². The standard InChI is InChI=1S/C17H21NO2/c1-18-7-6-17-5-3-2-4-11(17)13(18)8-10-12(17)9-14(19)16-15(10)20-16/h9,11,13,19H,2-8H2,1H3/t11-,13+,17+/m0/s1. The Bertz CT molecular complexity index is 611. The van der Waals surface area contributed by atoms with Gasteiger partial charge in [0, 0.05) is 17.0 Å². The fraction of sp³-hybridized carbons (Fsp3) is 0.647. The monoisotopic (exact) mass is 271 g/mol. The molecule has 1 N–H and O–H groups in total. The Morgan fingerprint density at radius 2 is 2.20 bits per heavy atom. The molecule has 0 aromatic heterocycles. The number of rotatable bonds is 0. The van der Waals surface area contributed by atoms with Crippen LogP contribution in [0.4, 0.5) is 0 Å². The van der Waals surface area contributed by atoms with Crippen LogP contribution < -0.4 is 4.74 Å². The number of hydrogen-bond donors (Lipinski definition) is 1. The number of fused-ring (bicyclic) bond motifs is 3. The van der Waals surface area contributed by atoms with Crippen LogP contribution in [-0.2, 0) is 11.8 Å². The van der Waals surface area contributed by atoms with Gasteiger partial charge in [0.15, 0.2) is 11.5 Å². The molecule has 5 rings (SSSR count). The van der Waals surface area contributed by atoms with Gasteiger partial charge >= 0.3 is 0 Å². The Labute approximate surface area is 119 Å². The number of piperidine rings is 1. The summed E-state index contributed by atoms with van der Waals surface area (Å²) in [6.07, 6.45) is 7.72. The third-order valence-corrected chi connectivity index (χ3v) is 6.47. The molecule has 0 spiro atoms. The average Bonchev–Trinajstić information content (AvgIpc) is 3.25. The van der Waals surface area contributed by atoms with E-state index >= 15 is 0 Å². The van der Waals surface area contributed by atoms with Crippen molar-refractivity contribution in [3.63, 3.8) is 0 Å². The van der Waals surface area contributed by atoms with Crippen LogP contribution in [0, 0.1) is 5.92 Å². The Hall–Kier alpha value is -1.22. The first kappa shape index (κ1) is 11.4. The van der Waals surface area contributed by atoms with Crippen molar-refractivity contribution in [2.45, 2.75) is 50.0 Å². The van der Waals surface area contributed by atoms with E-state index in [0.717, 1.165) is 23.8 Å². The highest BCUT2D eigenvalue weighted by molar-refractivity contribution is 5.71. The molecule has 1 aromatic rings. The molecule has 1 saturated heterocycles. The number of aromatic hydroxyl groups is 1. The molecule has 1 saturated carbocycles. The van der Waals surface area contributed by atoms with Crippen molar-refractivity contribution in [2.24, 2.45) is 5.92 Å². The van der Waals surface area contributed by atoms with Crippen LogP contribution in [0.2, 0.25) is 0 Å². The first-order valence-corrected chi connectivity index (χ1v) is 7.98. The summed E-state index contributed by atoms with van der Waals surface area (Å²) in [6.45, 7) is 1.19. The summed E-state index contributed by atoms with van der Waals surface area (Å²) >= 11 is 0. The second-order valence-electron chi connectivity index (χ2n) is 7.19. The summed E-state index contributed by atoms with van der Waals surface area (Å²) < 4.78 is 5.58. The molecule has 2 bridgehead atoms. The molecular formula is C17H21NO2. The van der Waals surface area contributed by atoms with Crippen LogP contribution in [0.5, 0.6) is 17.2 Å². The molecule has 3 nitrogen and oxygen atoms in total. The summed E-state index contributed by atoms with van der Waals surface area (Å²) in [5.74, 6) is 2.90. The molecule has 20 heavy (non-hydrogen) atoms. The largest absolute Gasteiger partial charge is 0.504 e. The lowest BCUT2D eigenvalue weighted by Gasteiger charge is -2.58. The summed E-state index contributed by atoms with van der Waals surface area (Å²) in [4.78, 5) is 2.57. The Kier molecular flexibility index (Phi) is 2.01. The fourth-order valence-electron chi connectivity index (χ4n) is 5.46. The lowest BCUT2D eigenvalue weighted by molar-refractivity contribution is 0.00278. The maximum absolute atomic E-state index is 10.1. The zero-order valence-electron chi connectivity index (χ0n) is 12.0. The third-order valence-electron chi connectivity index (χ3n) is 6.47. The van der Waals surface area contributed by atoms with Gasteiger partial charge < -0.3 is 14.7 Å². The Balaban J connectivity index is 1.75. The minimum Gasteiger partial charge on any atom is -0.504 e. The molecule has 0 radical (unpaired) electrons. The van der Waals surface area contributed by atoms with Gasteiger partial charge in [-0.2, -0.15) is 0 Å². The predicted molar refractivity (Wildman–Crippen MR) is 76.6 cm³/mol. The van der Waals surface area contributed by atoms with E-state index in [9.17, 15) is 5.11 Å². The van der Waals surface area contributed by atoms with Gasteiger partial charge in [-0.1, -0.05) is 12.8 Å². The second-order valence-corrected chi connectivity index (χ2v) is 7.19. The van der Waals surface area contributed by atoms with E-state index < -0.39 is 0 Å². The Morgan fingerprint density at radius 3 is 3.10 bits per heavy atom. The molecule has 0 amide bonds. The van der Waals surface area contributed by atoms with Gasteiger partial charge in [0.05, 0.1) is 0 Å². The van der Waals surface area contributed by atoms with Crippen LogP contribution in [0.1, 0.15) is 43.2 Å². The number of phenolic OH excluding ortho intramolecular Hbond substituents is 1. The van der Waals surface area contributed by atoms with Gasteiger partial charge in [0.2, 0.25) is 5.75 Å². The average molecular weight is 271 g/mol. The molecule has 3 atom stereocenters. The van der Waals surface area contributed by atoms with Crippen LogP contribution in [0.15, 0.2) is 6.07 Å². The molecule has 106 valence electrons. The van der Waals surface area contributed by atoms with Crippen molar-refractivity contribution >= 4 is 0 Å². The second kappa shape index (κ2) is 3.51. The first-order valence-electron chi connectivity index (χ1n) is 7.98. The maximum Gasteiger partial charge on any atom is 0.211 e. The van der Waals surface area contributed by atoms with Crippen molar-refractivity contribution in [3.8, 4) is 17.2 Å². The summed E-state index contributed by atoms with van der Waals surface area (Å²) in [5.41, 5.74) is 3.16. The number of phenols is 1. The number of benzene rings is 1. The van der Waals surface area contributed by atoms with Gasteiger partial charge in [-0.15, -0.1) is 0 Å². The Morgan fingerprint density at radius 1 is 1.30 bits per heavy atom. The number of hydrogen-bond acceptors (Lipinski definition) is 3. The van der Waals surface area contributed by atoms with E-state index in [1.165, 1.54) is 49.8 Å². The zero-order valence-corrected chi connectivity index (χ0v) is 12.0. The summed E-state index contributed by atoms with van der Waals surface area (Å²) in [6, 6.07) is 2.72. The van der Waals surface area contributed by atoms with Crippen LogP contribution in [-0.4, -0.2) is 29.6 Å². The van der Waals surface area contributed by atoms with Crippen molar-refractivity contribution in [1.29, 1.82) is 0 Å². The lowest BCUT2D eigenvalue weighted by atomic mass is 9.52. The summed E-state index contributed by atoms with van der Waals surface area (Å²) in [7, 11) is 2.29. The molecule has 2 fully saturated rings. The molecule has 4 aliphatic rings. The van der Waals surface area contributed by atoms with E-state index in [0.29, 0.717) is 17.2 Å². The van der Waals surface area contributed by atoms with E-state index in [1.54, 1.807) is 0 Å². The zero-order chi connectivity index (χ0) is 13.5. The lowest BCUT2D eigenvalue weighted by Crippen LogP contribution is -2.59. The maximum atomic E-state index is 10.1. The highest BCUT2D eigenvalue weighted by Gasteiger charge is 2.55. The van der Waals surface area contributed by atoms with Crippen molar-refractivity contribution in [1.82, 2.24) is 4.90 Å². The molecule has 3 heteroatoms. The van der Waals surface area contributed by atoms with Gasteiger partial charge in [0.25, 0.3) is 0 Å². The SMILES string of the molecule is CN1CC[C@]23CCCC[C@H]2[C@H]1Cc1c3cc(O)c2c1O2. The molecule has 2 aliphatic carbocycles. The normalized spacial score (nSPS) is 37.5.